The maximum absolute atomic E-state index is 11.7. The number of carbonyl (C=O) groups is 1. The van der Waals surface area contributed by atoms with Crippen LogP contribution in [-0.2, 0) is 17.6 Å². The molecule has 0 atom stereocenters. The fourth-order valence-electron chi connectivity index (χ4n) is 2.71. The lowest BCUT2D eigenvalue weighted by Crippen LogP contribution is -2.40. The SMILES string of the molecule is COC(=O)c1ccc([NH3+])c2c3c(oc12)CCCC3. The molecular weight excluding hydrogens is 230 g/mol. The van der Waals surface area contributed by atoms with Gasteiger partial charge in [0.25, 0.3) is 0 Å². The molecule has 0 fully saturated rings. The number of rotatable bonds is 1. The number of ether oxygens (including phenoxy) is 1. The van der Waals surface area contributed by atoms with Crippen molar-refractivity contribution in [2.24, 2.45) is 0 Å². The normalized spacial score (nSPS) is 14.6. The summed E-state index contributed by atoms with van der Waals surface area (Å²) in [7, 11) is 1.38. The predicted octanol–water partition coefficient (Wildman–Crippen LogP) is 1.97. The number of furan rings is 1. The summed E-state index contributed by atoms with van der Waals surface area (Å²) in [5.74, 6) is 0.656. The predicted molar refractivity (Wildman–Crippen MR) is 66.7 cm³/mol. The van der Waals surface area contributed by atoms with Crippen LogP contribution in [0.3, 0.4) is 0 Å². The molecule has 3 rings (SSSR count). The van der Waals surface area contributed by atoms with E-state index in [9.17, 15) is 4.79 Å². The van der Waals surface area contributed by atoms with Crippen molar-refractivity contribution < 1.29 is 19.7 Å². The highest BCUT2D eigenvalue weighted by Crippen LogP contribution is 2.36. The third-order valence-corrected chi connectivity index (χ3v) is 3.59. The van der Waals surface area contributed by atoms with Crippen molar-refractivity contribution in [3.05, 3.63) is 29.0 Å². The van der Waals surface area contributed by atoms with Crippen LogP contribution in [0.1, 0.15) is 34.5 Å². The van der Waals surface area contributed by atoms with Gasteiger partial charge in [-0.2, -0.15) is 0 Å². The van der Waals surface area contributed by atoms with Gasteiger partial charge in [-0.15, -0.1) is 0 Å². The Morgan fingerprint density at radius 1 is 1.33 bits per heavy atom. The molecule has 1 heterocycles. The van der Waals surface area contributed by atoms with Crippen molar-refractivity contribution in [2.75, 3.05) is 7.11 Å². The zero-order chi connectivity index (χ0) is 12.7. The Hall–Kier alpha value is -1.81. The molecule has 0 spiro atoms. The Bertz CT molecular complexity index is 627. The van der Waals surface area contributed by atoms with E-state index in [-0.39, 0.29) is 5.97 Å². The first-order valence-electron chi connectivity index (χ1n) is 6.20. The number of carbonyl (C=O) groups excluding carboxylic acids is 1. The van der Waals surface area contributed by atoms with Gasteiger partial charge in [-0.1, -0.05) is 0 Å². The molecule has 0 aliphatic heterocycles. The summed E-state index contributed by atoms with van der Waals surface area (Å²) in [6.07, 6.45) is 4.27. The minimum absolute atomic E-state index is 0.355. The fraction of sp³-hybridized carbons (Fsp3) is 0.357. The lowest BCUT2D eigenvalue weighted by Gasteiger charge is -2.08. The standard InChI is InChI=1S/C14H15NO3/c1-17-14(16)9-6-7-10(15)12-8-4-2-3-5-11(8)18-13(9)12/h6-7H,2-5,15H2,1H3/p+1. The minimum atomic E-state index is -0.355. The van der Waals surface area contributed by atoms with Gasteiger partial charge in [-0.3, -0.25) is 0 Å². The summed E-state index contributed by atoms with van der Waals surface area (Å²) in [5, 5.41) is 1.01. The molecule has 1 aliphatic rings. The van der Waals surface area contributed by atoms with Gasteiger partial charge in [0.1, 0.15) is 17.0 Å². The van der Waals surface area contributed by atoms with Crippen LogP contribution in [0, 0.1) is 0 Å². The van der Waals surface area contributed by atoms with E-state index in [1.54, 1.807) is 6.07 Å². The van der Waals surface area contributed by atoms with Crippen molar-refractivity contribution in [3.8, 4) is 0 Å². The Labute approximate surface area is 105 Å². The number of benzene rings is 1. The molecule has 3 N–H and O–H groups in total. The molecule has 18 heavy (non-hydrogen) atoms. The lowest BCUT2D eigenvalue weighted by atomic mass is 9.94. The molecule has 1 aromatic heterocycles. The highest BCUT2D eigenvalue weighted by Gasteiger charge is 2.24. The third kappa shape index (κ3) is 1.53. The summed E-state index contributed by atoms with van der Waals surface area (Å²) in [6, 6.07) is 3.59. The molecule has 0 saturated heterocycles. The second-order valence-electron chi connectivity index (χ2n) is 4.68. The first-order chi connectivity index (χ1) is 8.72. The number of hydrogen-bond donors (Lipinski definition) is 1. The van der Waals surface area contributed by atoms with E-state index < -0.39 is 0 Å². The number of hydrogen-bond acceptors (Lipinski definition) is 3. The number of methoxy groups -OCH3 is 1. The van der Waals surface area contributed by atoms with E-state index in [2.05, 4.69) is 5.73 Å². The zero-order valence-corrected chi connectivity index (χ0v) is 10.4. The van der Waals surface area contributed by atoms with Crippen molar-refractivity contribution in [1.29, 1.82) is 0 Å². The van der Waals surface area contributed by atoms with Crippen molar-refractivity contribution in [3.63, 3.8) is 0 Å². The Morgan fingerprint density at radius 3 is 2.89 bits per heavy atom. The Balaban J connectivity index is 2.32. The van der Waals surface area contributed by atoms with E-state index in [0.717, 1.165) is 36.1 Å². The maximum atomic E-state index is 11.7. The average molecular weight is 246 g/mol. The molecule has 0 bridgehead atoms. The van der Waals surface area contributed by atoms with Gasteiger partial charge in [-0.25, -0.2) is 4.79 Å². The molecule has 4 nitrogen and oxygen atoms in total. The number of quaternary nitrogens is 1. The molecular formula is C14H16NO3+. The summed E-state index contributed by atoms with van der Waals surface area (Å²) < 4.78 is 10.7. The topological polar surface area (TPSA) is 67.1 Å². The summed E-state index contributed by atoms with van der Waals surface area (Å²) in [4.78, 5) is 11.7. The van der Waals surface area contributed by atoms with E-state index in [0.29, 0.717) is 11.1 Å². The Morgan fingerprint density at radius 2 is 2.11 bits per heavy atom. The van der Waals surface area contributed by atoms with Crippen LogP contribution in [0.2, 0.25) is 0 Å². The van der Waals surface area contributed by atoms with Gasteiger partial charge in [0.05, 0.1) is 12.5 Å². The Kier molecular flexibility index (Phi) is 2.59. The number of esters is 1. The van der Waals surface area contributed by atoms with E-state index in [1.807, 2.05) is 6.07 Å². The monoisotopic (exact) mass is 246 g/mol. The van der Waals surface area contributed by atoms with Crippen molar-refractivity contribution >= 4 is 22.6 Å². The van der Waals surface area contributed by atoms with Gasteiger partial charge in [0.15, 0.2) is 5.58 Å². The van der Waals surface area contributed by atoms with Crippen LogP contribution in [-0.4, -0.2) is 13.1 Å². The molecule has 2 aromatic rings. The van der Waals surface area contributed by atoms with Crippen LogP contribution in [0.15, 0.2) is 16.5 Å². The molecule has 0 amide bonds. The molecule has 4 heteroatoms. The molecule has 0 radical (unpaired) electrons. The summed E-state index contributed by atoms with van der Waals surface area (Å²) >= 11 is 0. The summed E-state index contributed by atoms with van der Waals surface area (Å²) in [6.45, 7) is 0. The second-order valence-corrected chi connectivity index (χ2v) is 4.68. The highest BCUT2D eigenvalue weighted by atomic mass is 16.5. The van der Waals surface area contributed by atoms with E-state index >= 15 is 0 Å². The first-order valence-corrected chi connectivity index (χ1v) is 6.20. The van der Waals surface area contributed by atoms with Crippen LogP contribution < -0.4 is 5.73 Å². The van der Waals surface area contributed by atoms with Gasteiger partial charge < -0.3 is 14.9 Å². The molecule has 1 aliphatic carbocycles. The van der Waals surface area contributed by atoms with Gasteiger partial charge in [0.2, 0.25) is 0 Å². The van der Waals surface area contributed by atoms with Crippen LogP contribution in [0.25, 0.3) is 11.0 Å². The number of fused-ring (bicyclic) bond motifs is 3. The lowest BCUT2D eigenvalue weighted by molar-refractivity contribution is -0.252. The highest BCUT2D eigenvalue weighted by molar-refractivity contribution is 6.06. The van der Waals surface area contributed by atoms with Gasteiger partial charge in [0, 0.05) is 18.1 Å². The third-order valence-electron chi connectivity index (χ3n) is 3.59. The number of aryl methyl sites for hydroxylation is 2. The average Bonchev–Trinajstić information content (AvgIpc) is 2.78. The van der Waals surface area contributed by atoms with Crippen LogP contribution >= 0.6 is 0 Å². The maximum Gasteiger partial charge on any atom is 0.341 e. The van der Waals surface area contributed by atoms with E-state index in [1.165, 1.54) is 19.1 Å². The quantitative estimate of drug-likeness (QED) is 0.782. The van der Waals surface area contributed by atoms with Gasteiger partial charge in [-0.05, 0) is 25.3 Å². The van der Waals surface area contributed by atoms with Crippen molar-refractivity contribution in [2.45, 2.75) is 25.7 Å². The van der Waals surface area contributed by atoms with Crippen LogP contribution in [0.5, 0.6) is 0 Å². The first kappa shape index (κ1) is 11.3. The zero-order valence-electron chi connectivity index (χ0n) is 10.4. The molecule has 94 valence electrons. The van der Waals surface area contributed by atoms with Crippen molar-refractivity contribution in [1.82, 2.24) is 0 Å². The summed E-state index contributed by atoms with van der Waals surface area (Å²) in [5.41, 5.74) is 7.33. The molecule has 0 saturated carbocycles. The molecule has 1 aromatic carbocycles. The van der Waals surface area contributed by atoms with E-state index in [4.69, 9.17) is 9.15 Å². The molecule has 0 unspecified atom stereocenters. The second kappa shape index (κ2) is 4.14. The fourth-order valence-corrected chi connectivity index (χ4v) is 2.71. The largest absolute Gasteiger partial charge is 0.465 e. The minimum Gasteiger partial charge on any atom is -0.465 e. The smallest absolute Gasteiger partial charge is 0.341 e. The van der Waals surface area contributed by atoms with Crippen LogP contribution in [0.4, 0.5) is 5.69 Å². The van der Waals surface area contributed by atoms with Gasteiger partial charge >= 0.3 is 5.97 Å².